The Morgan fingerprint density at radius 2 is 2.12 bits per heavy atom. The van der Waals surface area contributed by atoms with E-state index in [1.165, 1.54) is 4.90 Å². The first kappa shape index (κ1) is 19.5. The summed E-state index contributed by atoms with van der Waals surface area (Å²) in [6.07, 6.45) is 4.65. The molecule has 2 unspecified atom stereocenters. The molecule has 3 saturated heterocycles. The Hall–Kier alpha value is -1.28. The van der Waals surface area contributed by atoms with Gasteiger partial charge in [0, 0.05) is 25.4 Å². The number of nitrogens with zero attached hydrogens (tertiary/aromatic N) is 1. The summed E-state index contributed by atoms with van der Waals surface area (Å²) in [6, 6.07) is -0.599. The van der Waals surface area contributed by atoms with Crippen LogP contribution in [-0.4, -0.2) is 70.5 Å². The van der Waals surface area contributed by atoms with Crippen molar-refractivity contribution in [3.8, 4) is 0 Å². The van der Waals surface area contributed by atoms with E-state index in [9.17, 15) is 19.5 Å². The van der Waals surface area contributed by atoms with Crippen molar-refractivity contribution in [2.75, 3.05) is 26.7 Å². The Labute approximate surface area is 158 Å². The maximum absolute atomic E-state index is 13.1. The summed E-state index contributed by atoms with van der Waals surface area (Å²) in [4.78, 5) is 40.1. The molecule has 0 aromatic rings. The molecule has 0 radical (unpaired) electrons. The third-order valence-electron chi connectivity index (χ3n) is 6.02. The van der Waals surface area contributed by atoms with E-state index in [1.807, 2.05) is 0 Å². The highest BCUT2D eigenvalue weighted by molar-refractivity contribution is 8.02. The van der Waals surface area contributed by atoms with E-state index in [1.54, 1.807) is 18.8 Å². The Balaban J connectivity index is 1.86. The molecule has 3 aliphatic rings. The minimum Gasteiger partial charge on any atom is -0.395 e. The van der Waals surface area contributed by atoms with Crippen LogP contribution in [0.2, 0.25) is 0 Å². The van der Waals surface area contributed by atoms with Gasteiger partial charge in [0.05, 0.1) is 23.2 Å². The second kappa shape index (κ2) is 7.76. The molecule has 2 bridgehead atoms. The molecule has 0 saturated carbocycles. The average molecular weight is 384 g/mol. The summed E-state index contributed by atoms with van der Waals surface area (Å²) in [6.45, 7) is 2.65. The van der Waals surface area contributed by atoms with E-state index in [0.717, 1.165) is 32.1 Å². The van der Waals surface area contributed by atoms with Crippen molar-refractivity contribution in [2.45, 2.75) is 55.1 Å². The molecule has 7 nitrogen and oxygen atoms in total. The molecule has 26 heavy (non-hydrogen) atoms. The monoisotopic (exact) mass is 383 g/mol. The number of aliphatic hydroxyl groups excluding tert-OH is 1. The van der Waals surface area contributed by atoms with E-state index < -0.39 is 16.7 Å². The molecule has 3 amide bonds. The third kappa shape index (κ3) is 2.91. The lowest BCUT2D eigenvalue weighted by molar-refractivity contribution is -0.140. The third-order valence-corrected chi connectivity index (χ3v) is 7.97. The molecule has 3 aliphatic heterocycles. The molecule has 8 heteroatoms. The fourth-order valence-electron chi connectivity index (χ4n) is 4.95. The standard InChI is InChI=1S/C18H29N3O4S/c1-3-4-5-8-20-16(24)14-18-7-6-11(26-18)12(15(23)19-2)13(18)17(25)21(14)9-10-22/h11-14,22H,3-10H2,1-2H3,(H,19,23)(H,20,24)/t11-,12+,13+,14?,18?/m1/s1. The number of hydrogen-bond acceptors (Lipinski definition) is 5. The Morgan fingerprint density at radius 3 is 2.77 bits per heavy atom. The second-order valence-electron chi connectivity index (χ2n) is 7.42. The average Bonchev–Trinajstić information content (AvgIpc) is 3.26. The Kier molecular flexibility index (Phi) is 5.81. The number of aliphatic hydroxyl groups is 1. The first-order valence-electron chi connectivity index (χ1n) is 9.60. The van der Waals surface area contributed by atoms with Crippen molar-refractivity contribution >= 4 is 29.5 Å². The zero-order chi connectivity index (χ0) is 18.9. The number of carbonyl (C=O) groups excluding carboxylic acids is 3. The van der Waals surface area contributed by atoms with Crippen LogP contribution in [0.3, 0.4) is 0 Å². The second-order valence-corrected chi connectivity index (χ2v) is 9.02. The number of rotatable bonds is 8. The quantitative estimate of drug-likeness (QED) is 0.517. The van der Waals surface area contributed by atoms with Gasteiger partial charge in [-0.2, -0.15) is 0 Å². The first-order chi connectivity index (χ1) is 12.5. The number of thioether (sulfide) groups is 1. The van der Waals surface area contributed by atoms with Crippen LogP contribution in [0.25, 0.3) is 0 Å². The number of carbonyl (C=O) groups is 3. The molecule has 0 aromatic heterocycles. The Bertz CT molecular complexity index is 587. The highest BCUT2D eigenvalue weighted by Crippen LogP contribution is 2.66. The highest BCUT2D eigenvalue weighted by Gasteiger charge is 2.73. The van der Waals surface area contributed by atoms with Crippen molar-refractivity contribution in [1.82, 2.24) is 15.5 Å². The molecule has 5 atom stereocenters. The molecular weight excluding hydrogens is 354 g/mol. The maximum Gasteiger partial charge on any atom is 0.244 e. The van der Waals surface area contributed by atoms with Crippen LogP contribution in [0.1, 0.15) is 39.0 Å². The maximum atomic E-state index is 13.1. The fraction of sp³-hybridized carbons (Fsp3) is 0.833. The van der Waals surface area contributed by atoms with Crippen molar-refractivity contribution in [3.63, 3.8) is 0 Å². The van der Waals surface area contributed by atoms with Gasteiger partial charge in [0.15, 0.2) is 0 Å². The SMILES string of the molecule is CCCCCNC(=O)C1N(CCO)C(=O)[C@@H]2[C@@H](C(=O)NC)[C@H]3CCC12S3. The van der Waals surface area contributed by atoms with Gasteiger partial charge >= 0.3 is 0 Å². The molecule has 146 valence electrons. The number of hydrogen-bond donors (Lipinski definition) is 3. The van der Waals surface area contributed by atoms with Crippen molar-refractivity contribution in [1.29, 1.82) is 0 Å². The van der Waals surface area contributed by atoms with Crippen LogP contribution in [0.5, 0.6) is 0 Å². The van der Waals surface area contributed by atoms with E-state index >= 15 is 0 Å². The van der Waals surface area contributed by atoms with Gasteiger partial charge in [-0.3, -0.25) is 14.4 Å². The van der Waals surface area contributed by atoms with E-state index in [4.69, 9.17) is 0 Å². The van der Waals surface area contributed by atoms with Gasteiger partial charge in [-0.25, -0.2) is 0 Å². The predicted octanol–water partition coefficient (Wildman–Crippen LogP) is 0.122. The van der Waals surface area contributed by atoms with Crippen molar-refractivity contribution < 1.29 is 19.5 Å². The number of unbranched alkanes of at least 4 members (excludes halogenated alkanes) is 2. The largest absolute Gasteiger partial charge is 0.395 e. The van der Waals surface area contributed by atoms with Gasteiger partial charge in [0.1, 0.15) is 6.04 Å². The lowest BCUT2D eigenvalue weighted by Gasteiger charge is -2.34. The molecule has 0 aromatic carbocycles. The number of β-amino-alcohol motifs (C(OH)–C–C–N with tert-alkyl or cyclic N) is 1. The predicted molar refractivity (Wildman–Crippen MR) is 99.5 cm³/mol. The van der Waals surface area contributed by atoms with Gasteiger partial charge in [-0.05, 0) is 19.3 Å². The molecule has 1 spiro atoms. The Morgan fingerprint density at radius 1 is 1.35 bits per heavy atom. The summed E-state index contributed by atoms with van der Waals surface area (Å²) in [5.74, 6) is -1.27. The minimum atomic E-state index is -0.599. The molecule has 3 fully saturated rings. The van der Waals surface area contributed by atoms with Crippen LogP contribution in [0.15, 0.2) is 0 Å². The smallest absolute Gasteiger partial charge is 0.244 e. The van der Waals surface area contributed by atoms with Crippen LogP contribution >= 0.6 is 11.8 Å². The number of amides is 3. The molecular formula is C18H29N3O4S. The minimum absolute atomic E-state index is 0.0931. The lowest BCUT2D eigenvalue weighted by atomic mass is 9.71. The van der Waals surface area contributed by atoms with Gasteiger partial charge in [0.2, 0.25) is 17.7 Å². The first-order valence-corrected chi connectivity index (χ1v) is 10.5. The fourth-order valence-corrected chi connectivity index (χ4v) is 7.17. The van der Waals surface area contributed by atoms with E-state index in [2.05, 4.69) is 17.6 Å². The van der Waals surface area contributed by atoms with Crippen LogP contribution in [0, 0.1) is 11.8 Å². The van der Waals surface area contributed by atoms with Crippen LogP contribution in [0.4, 0.5) is 0 Å². The molecule has 0 aliphatic carbocycles. The number of likely N-dealkylation sites (tertiary alicyclic amines) is 1. The van der Waals surface area contributed by atoms with Gasteiger partial charge in [-0.1, -0.05) is 19.8 Å². The van der Waals surface area contributed by atoms with Gasteiger partial charge in [-0.15, -0.1) is 11.8 Å². The summed E-state index contributed by atoms with van der Waals surface area (Å²) < 4.78 is -0.539. The van der Waals surface area contributed by atoms with Crippen LogP contribution in [-0.2, 0) is 14.4 Å². The summed E-state index contributed by atoms with van der Waals surface area (Å²) in [5, 5.41) is 15.2. The van der Waals surface area contributed by atoms with E-state index in [-0.39, 0.29) is 42.0 Å². The van der Waals surface area contributed by atoms with Crippen LogP contribution < -0.4 is 10.6 Å². The van der Waals surface area contributed by atoms with Crippen molar-refractivity contribution in [3.05, 3.63) is 0 Å². The zero-order valence-corrected chi connectivity index (χ0v) is 16.3. The van der Waals surface area contributed by atoms with E-state index in [0.29, 0.717) is 6.54 Å². The van der Waals surface area contributed by atoms with Gasteiger partial charge < -0.3 is 20.6 Å². The van der Waals surface area contributed by atoms with Gasteiger partial charge in [0.25, 0.3) is 0 Å². The summed E-state index contributed by atoms with van der Waals surface area (Å²) >= 11 is 1.65. The normalized spacial score (nSPS) is 34.9. The molecule has 3 rings (SSSR count). The lowest BCUT2D eigenvalue weighted by Crippen LogP contribution is -2.54. The topological polar surface area (TPSA) is 98.7 Å². The molecule has 3 heterocycles. The number of nitrogens with one attached hydrogen (secondary N) is 2. The summed E-state index contributed by atoms with van der Waals surface area (Å²) in [5.41, 5.74) is 0. The molecule has 3 N–H and O–H groups in total. The van der Waals surface area contributed by atoms with Crippen molar-refractivity contribution in [2.24, 2.45) is 11.8 Å². The number of fused-ring (bicyclic) bond motifs is 1. The summed E-state index contributed by atoms with van der Waals surface area (Å²) in [7, 11) is 1.59. The zero-order valence-electron chi connectivity index (χ0n) is 15.5. The highest BCUT2D eigenvalue weighted by atomic mass is 32.2.